The lowest BCUT2D eigenvalue weighted by molar-refractivity contribution is -0.125. The highest BCUT2D eigenvalue weighted by Crippen LogP contribution is 2.09. The summed E-state index contributed by atoms with van der Waals surface area (Å²) >= 11 is 0. The van der Waals surface area contributed by atoms with Crippen LogP contribution in [-0.2, 0) is 9.53 Å². The second kappa shape index (κ2) is 11.4. The number of nitrogens with one attached hydrogen (secondary N) is 2. The lowest BCUT2D eigenvalue weighted by atomic mass is 10.0. The molecule has 1 amide bonds. The zero-order valence-corrected chi connectivity index (χ0v) is 15.8. The Morgan fingerprint density at radius 2 is 2.04 bits per heavy atom. The van der Waals surface area contributed by atoms with Crippen molar-refractivity contribution in [2.24, 2.45) is 11.7 Å². The molecule has 0 bridgehead atoms. The Labute approximate surface area is 157 Å². The van der Waals surface area contributed by atoms with Gasteiger partial charge in [-0.3, -0.25) is 4.79 Å². The number of nitrogen functional groups attached to an aromatic ring is 1. The summed E-state index contributed by atoms with van der Waals surface area (Å²) in [6, 6.07) is -0.616. The number of anilines is 1. The van der Waals surface area contributed by atoms with E-state index in [1.165, 1.54) is 12.7 Å². The van der Waals surface area contributed by atoms with Crippen LogP contribution in [0.15, 0.2) is 12.7 Å². The van der Waals surface area contributed by atoms with Crippen LogP contribution in [0, 0.1) is 5.92 Å². The number of carbonyl (C=O) groups excluding carboxylic acids is 1. The number of H-pyrrole nitrogens is 1. The molecule has 27 heavy (non-hydrogen) atoms. The lowest BCUT2D eigenvalue weighted by Crippen LogP contribution is -2.51. The Bertz CT molecular complexity index is 694. The molecule has 11 heteroatoms. The summed E-state index contributed by atoms with van der Waals surface area (Å²) in [6.45, 7) is 4.60. The highest BCUT2D eigenvalue weighted by molar-refractivity contribution is 5.82. The maximum atomic E-state index is 11.6. The van der Waals surface area contributed by atoms with Gasteiger partial charge in [-0.1, -0.05) is 13.8 Å². The summed E-state index contributed by atoms with van der Waals surface area (Å²) in [7, 11) is 1.00. The van der Waals surface area contributed by atoms with E-state index < -0.39 is 12.1 Å². The Morgan fingerprint density at radius 1 is 1.33 bits per heavy atom. The van der Waals surface area contributed by atoms with Gasteiger partial charge < -0.3 is 36.7 Å². The summed E-state index contributed by atoms with van der Waals surface area (Å²) in [5.74, 6) is 0.370. The van der Waals surface area contributed by atoms with E-state index in [2.05, 4.69) is 25.3 Å². The van der Waals surface area contributed by atoms with E-state index in [0.717, 1.165) is 7.11 Å². The van der Waals surface area contributed by atoms with Gasteiger partial charge in [0.1, 0.15) is 11.8 Å². The number of rotatable bonds is 3. The molecule has 0 saturated carbocycles. The van der Waals surface area contributed by atoms with Crippen LogP contribution in [0.5, 0.6) is 0 Å². The zero-order chi connectivity index (χ0) is 20.4. The minimum Gasteiger partial charge on any atom is -0.400 e. The quantitative estimate of drug-likeness (QED) is 0.378. The summed E-state index contributed by atoms with van der Waals surface area (Å²) < 4.78 is 5.13. The Morgan fingerprint density at radius 3 is 2.63 bits per heavy atom. The van der Waals surface area contributed by atoms with Gasteiger partial charge >= 0.3 is 0 Å². The van der Waals surface area contributed by atoms with Gasteiger partial charge in [-0.15, -0.1) is 0 Å². The lowest BCUT2D eigenvalue weighted by Gasteiger charge is -2.28. The van der Waals surface area contributed by atoms with Crippen molar-refractivity contribution < 1.29 is 19.7 Å². The number of nitrogens with zero attached hydrogens (tertiary/aromatic N) is 3. The van der Waals surface area contributed by atoms with Crippen LogP contribution in [0.1, 0.15) is 20.3 Å². The van der Waals surface area contributed by atoms with Crippen molar-refractivity contribution in [1.82, 2.24) is 25.3 Å². The first-order valence-electron chi connectivity index (χ1n) is 8.54. The van der Waals surface area contributed by atoms with E-state index in [4.69, 9.17) is 21.3 Å². The summed E-state index contributed by atoms with van der Waals surface area (Å²) in [5.41, 5.74) is 12.5. The van der Waals surface area contributed by atoms with E-state index in [-0.39, 0.29) is 17.9 Å². The number of nitrogens with two attached hydrogens (primary N) is 2. The van der Waals surface area contributed by atoms with E-state index in [0.29, 0.717) is 36.6 Å². The third-order valence-corrected chi connectivity index (χ3v) is 3.81. The molecule has 3 heterocycles. The molecule has 2 aromatic rings. The second-order valence-corrected chi connectivity index (χ2v) is 6.26. The second-order valence-electron chi connectivity index (χ2n) is 6.26. The summed E-state index contributed by atoms with van der Waals surface area (Å²) in [5, 5.41) is 19.1. The van der Waals surface area contributed by atoms with Gasteiger partial charge in [0.15, 0.2) is 11.5 Å². The smallest absolute Gasteiger partial charge is 0.237 e. The number of aromatic amines is 1. The summed E-state index contributed by atoms with van der Waals surface area (Å²) in [6.07, 6.45) is 2.98. The number of aromatic nitrogens is 4. The monoisotopic (exact) mass is 383 g/mol. The summed E-state index contributed by atoms with van der Waals surface area (Å²) in [4.78, 5) is 25.9. The van der Waals surface area contributed by atoms with Gasteiger partial charge in [0.2, 0.25) is 5.91 Å². The third kappa shape index (κ3) is 7.06. The Kier molecular flexibility index (Phi) is 9.58. The standard InChI is InChI=1S/C10H20N2O3.C5H5N5.CH4O/c1-6(2)9(11)10(14)12-7-3-8(13)5-15-4-7;6-4-3-5(9-1-7-3)10-2-8-4;1-2/h6-9,13H,3-5,11H2,1-2H3,(H,12,14);1-2H,(H3,6,7,8,9,10);2H,1H3. The molecule has 8 N–H and O–H groups in total. The molecule has 0 aromatic carbocycles. The zero-order valence-electron chi connectivity index (χ0n) is 15.8. The number of imidazole rings is 1. The molecule has 0 aliphatic carbocycles. The van der Waals surface area contributed by atoms with Gasteiger partial charge in [0.05, 0.1) is 37.7 Å². The van der Waals surface area contributed by atoms with Crippen LogP contribution in [0.25, 0.3) is 11.2 Å². The molecular weight excluding hydrogens is 354 g/mol. The van der Waals surface area contributed by atoms with E-state index in [1.54, 1.807) is 0 Å². The first kappa shape index (κ1) is 22.7. The molecule has 0 radical (unpaired) electrons. The topological polar surface area (TPSA) is 185 Å². The average molecular weight is 383 g/mol. The van der Waals surface area contributed by atoms with Gasteiger partial charge in [0.25, 0.3) is 0 Å². The van der Waals surface area contributed by atoms with Crippen LogP contribution >= 0.6 is 0 Å². The van der Waals surface area contributed by atoms with Crippen molar-refractivity contribution in [3.63, 3.8) is 0 Å². The third-order valence-electron chi connectivity index (χ3n) is 3.81. The molecule has 0 spiro atoms. The molecule has 3 rings (SSSR count). The molecule has 11 nitrogen and oxygen atoms in total. The number of hydrogen-bond acceptors (Lipinski definition) is 9. The van der Waals surface area contributed by atoms with E-state index in [9.17, 15) is 9.90 Å². The maximum absolute atomic E-state index is 11.6. The van der Waals surface area contributed by atoms with Crippen molar-refractivity contribution >= 4 is 22.9 Å². The molecule has 3 unspecified atom stereocenters. The fourth-order valence-corrected chi connectivity index (χ4v) is 2.30. The fraction of sp³-hybridized carbons (Fsp3) is 0.625. The molecule has 1 aliphatic heterocycles. The minimum atomic E-state index is -0.496. The molecule has 1 saturated heterocycles. The van der Waals surface area contributed by atoms with Gasteiger partial charge in [-0.05, 0) is 12.3 Å². The number of hydrogen-bond donors (Lipinski definition) is 6. The van der Waals surface area contributed by atoms with Gasteiger partial charge in [-0.2, -0.15) is 0 Å². The Hall–Kier alpha value is -2.34. The predicted molar refractivity (Wildman–Crippen MR) is 100 cm³/mol. The van der Waals surface area contributed by atoms with Crippen molar-refractivity contribution in [3.05, 3.63) is 12.7 Å². The van der Waals surface area contributed by atoms with Crippen molar-refractivity contribution in [1.29, 1.82) is 0 Å². The Balaban J connectivity index is 0.000000262. The first-order valence-corrected chi connectivity index (χ1v) is 8.54. The van der Waals surface area contributed by atoms with Crippen LogP contribution in [-0.4, -0.2) is 74.6 Å². The number of fused-ring (bicyclic) bond motifs is 1. The SMILES string of the molecule is CC(C)C(N)C(=O)NC1COCC(O)C1.CO.Nc1ncnc2nc[nH]c12. The van der Waals surface area contributed by atoms with Crippen molar-refractivity contribution in [3.8, 4) is 0 Å². The molecule has 3 atom stereocenters. The number of aliphatic hydroxyl groups is 2. The van der Waals surface area contributed by atoms with Crippen LogP contribution in [0.4, 0.5) is 5.82 Å². The van der Waals surface area contributed by atoms with Crippen LogP contribution in [0.3, 0.4) is 0 Å². The fourth-order valence-electron chi connectivity index (χ4n) is 2.30. The van der Waals surface area contributed by atoms with Crippen molar-refractivity contribution in [2.45, 2.75) is 38.5 Å². The van der Waals surface area contributed by atoms with E-state index >= 15 is 0 Å². The number of aliphatic hydroxyl groups excluding tert-OH is 2. The predicted octanol–water partition coefficient (Wildman–Crippen LogP) is -1.22. The van der Waals surface area contributed by atoms with Gasteiger partial charge in [-0.25, -0.2) is 15.0 Å². The van der Waals surface area contributed by atoms with E-state index in [1.807, 2.05) is 13.8 Å². The molecule has 2 aromatic heterocycles. The first-order chi connectivity index (χ1) is 12.9. The van der Waals surface area contributed by atoms with Gasteiger partial charge in [0, 0.05) is 7.11 Å². The molecule has 1 aliphatic rings. The molecular formula is C16H29N7O4. The highest BCUT2D eigenvalue weighted by Gasteiger charge is 2.25. The molecule has 1 fully saturated rings. The number of carbonyl (C=O) groups is 1. The highest BCUT2D eigenvalue weighted by atomic mass is 16.5. The number of ether oxygens (including phenoxy) is 1. The largest absolute Gasteiger partial charge is 0.400 e. The minimum absolute atomic E-state index is 0.111. The molecule has 152 valence electrons. The maximum Gasteiger partial charge on any atom is 0.237 e. The normalized spacial score (nSPS) is 20.1. The van der Waals surface area contributed by atoms with Crippen molar-refractivity contribution in [2.75, 3.05) is 26.1 Å². The number of amides is 1. The van der Waals surface area contributed by atoms with Crippen LogP contribution in [0.2, 0.25) is 0 Å². The average Bonchev–Trinajstić information content (AvgIpc) is 3.13. The van der Waals surface area contributed by atoms with Crippen LogP contribution < -0.4 is 16.8 Å².